The van der Waals surface area contributed by atoms with Crippen LogP contribution in [0.15, 0.2) is 53.4 Å². The molecule has 0 aliphatic carbocycles. The van der Waals surface area contributed by atoms with Gasteiger partial charge in [-0.25, -0.2) is 13.1 Å². The molecule has 0 atom stereocenters. The van der Waals surface area contributed by atoms with Crippen molar-refractivity contribution in [3.8, 4) is 5.75 Å². The second-order valence-electron chi connectivity index (χ2n) is 5.42. The van der Waals surface area contributed by atoms with Crippen molar-refractivity contribution < 1.29 is 13.2 Å². The molecule has 0 saturated heterocycles. The van der Waals surface area contributed by atoms with E-state index in [-0.39, 0.29) is 18.0 Å². The van der Waals surface area contributed by atoms with E-state index in [0.29, 0.717) is 16.7 Å². The van der Waals surface area contributed by atoms with Gasteiger partial charge < -0.3 is 4.74 Å². The van der Waals surface area contributed by atoms with Crippen molar-refractivity contribution in [2.24, 2.45) is 0 Å². The standard InChI is InChI=1S/C17H20ClNO3S/c1-13(2)14-3-9-17(10-4-14)23(20,21)19-11-12-22-16-7-5-15(18)6-8-16/h3-10,13,19H,11-12H2,1-2H3. The molecule has 4 nitrogen and oxygen atoms in total. The lowest BCUT2D eigenvalue weighted by molar-refractivity contribution is 0.323. The van der Waals surface area contributed by atoms with Gasteiger partial charge in [0.15, 0.2) is 0 Å². The summed E-state index contributed by atoms with van der Waals surface area (Å²) < 4.78 is 32.4. The van der Waals surface area contributed by atoms with Gasteiger partial charge in [-0.3, -0.25) is 0 Å². The van der Waals surface area contributed by atoms with Gasteiger partial charge in [0.2, 0.25) is 10.0 Å². The average molecular weight is 354 g/mol. The molecule has 0 amide bonds. The summed E-state index contributed by atoms with van der Waals surface area (Å²) in [5, 5.41) is 0.628. The molecule has 124 valence electrons. The number of benzene rings is 2. The fraction of sp³-hybridized carbons (Fsp3) is 0.294. The van der Waals surface area contributed by atoms with Crippen LogP contribution in [0, 0.1) is 0 Å². The molecule has 1 N–H and O–H groups in total. The first-order valence-corrected chi connectivity index (χ1v) is 9.22. The molecule has 23 heavy (non-hydrogen) atoms. The molecule has 6 heteroatoms. The second kappa shape index (κ2) is 7.81. The minimum atomic E-state index is -3.51. The molecule has 0 aliphatic heterocycles. The van der Waals surface area contributed by atoms with E-state index in [0.717, 1.165) is 5.56 Å². The molecule has 0 unspecified atom stereocenters. The van der Waals surface area contributed by atoms with Crippen LogP contribution in [0.2, 0.25) is 5.02 Å². The van der Waals surface area contributed by atoms with Crippen LogP contribution >= 0.6 is 11.6 Å². The summed E-state index contributed by atoms with van der Waals surface area (Å²) in [6, 6.07) is 13.8. The van der Waals surface area contributed by atoms with Crippen LogP contribution in [0.5, 0.6) is 5.75 Å². The highest BCUT2D eigenvalue weighted by molar-refractivity contribution is 7.89. The maximum atomic E-state index is 12.2. The lowest BCUT2D eigenvalue weighted by atomic mass is 10.0. The molecule has 0 saturated carbocycles. The van der Waals surface area contributed by atoms with Crippen molar-refractivity contribution in [1.29, 1.82) is 0 Å². The van der Waals surface area contributed by atoms with E-state index in [1.165, 1.54) is 0 Å². The first-order chi connectivity index (χ1) is 10.9. The minimum absolute atomic E-state index is 0.191. The van der Waals surface area contributed by atoms with Crippen LogP contribution in [0.3, 0.4) is 0 Å². The lowest BCUT2D eigenvalue weighted by Crippen LogP contribution is -2.28. The average Bonchev–Trinajstić information content (AvgIpc) is 2.53. The Kier molecular flexibility index (Phi) is 6.04. The van der Waals surface area contributed by atoms with Crippen molar-refractivity contribution in [2.75, 3.05) is 13.2 Å². The minimum Gasteiger partial charge on any atom is -0.492 e. The number of nitrogens with one attached hydrogen (secondary N) is 1. The number of hydrogen-bond donors (Lipinski definition) is 1. The zero-order chi connectivity index (χ0) is 16.9. The Morgan fingerprint density at radius 1 is 1.04 bits per heavy atom. The molecule has 2 rings (SSSR count). The zero-order valence-corrected chi connectivity index (χ0v) is 14.7. The van der Waals surface area contributed by atoms with Gasteiger partial charge >= 0.3 is 0 Å². The molecule has 0 aromatic heterocycles. The number of halogens is 1. The highest BCUT2D eigenvalue weighted by Crippen LogP contribution is 2.17. The lowest BCUT2D eigenvalue weighted by Gasteiger charge is -2.10. The Morgan fingerprint density at radius 3 is 2.22 bits per heavy atom. The summed E-state index contributed by atoms with van der Waals surface area (Å²) in [5.74, 6) is 1.02. The van der Waals surface area contributed by atoms with Crippen LogP contribution < -0.4 is 9.46 Å². The molecule has 0 bridgehead atoms. The van der Waals surface area contributed by atoms with E-state index >= 15 is 0 Å². The Morgan fingerprint density at radius 2 is 1.65 bits per heavy atom. The molecule has 2 aromatic rings. The number of rotatable bonds is 7. The van der Waals surface area contributed by atoms with Gasteiger partial charge in [0, 0.05) is 11.6 Å². The van der Waals surface area contributed by atoms with Crippen LogP contribution in [-0.2, 0) is 10.0 Å². The van der Waals surface area contributed by atoms with Gasteiger partial charge in [0.1, 0.15) is 12.4 Å². The monoisotopic (exact) mass is 353 g/mol. The fourth-order valence-electron chi connectivity index (χ4n) is 1.99. The van der Waals surface area contributed by atoms with E-state index in [4.69, 9.17) is 16.3 Å². The first kappa shape index (κ1) is 17.8. The fourth-order valence-corrected chi connectivity index (χ4v) is 3.13. The van der Waals surface area contributed by atoms with E-state index in [9.17, 15) is 8.42 Å². The largest absolute Gasteiger partial charge is 0.492 e. The second-order valence-corrected chi connectivity index (χ2v) is 7.63. The van der Waals surface area contributed by atoms with Crippen LogP contribution in [-0.4, -0.2) is 21.6 Å². The Labute approximate surface area is 142 Å². The summed E-state index contributed by atoms with van der Waals surface area (Å²) >= 11 is 5.78. The van der Waals surface area contributed by atoms with Crippen molar-refractivity contribution in [2.45, 2.75) is 24.7 Å². The van der Waals surface area contributed by atoms with E-state index in [1.54, 1.807) is 36.4 Å². The van der Waals surface area contributed by atoms with Crippen LogP contribution in [0.1, 0.15) is 25.3 Å². The smallest absolute Gasteiger partial charge is 0.240 e. The van der Waals surface area contributed by atoms with E-state index in [1.807, 2.05) is 12.1 Å². The Balaban J connectivity index is 1.87. The van der Waals surface area contributed by atoms with Crippen LogP contribution in [0.25, 0.3) is 0 Å². The van der Waals surface area contributed by atoms with E-state index in [2.05, 4.69) is 18.6 Å². The quantitative estimate of drug-likeness (QED) is 0.770. The predicted molar refractivity (Wildman–Crippen MR) is 92.7 cm³/mol. The molecule has 2 aromatic carbocycles. The normalized spacial score (nSPS) is 11.7. The molecular formula is C17H20ClNO3S. The van der Waals surface area contributed by atoms with Gasteiger partial charge in [-0.2, -0.15) is 0 Å². The maximum Gasteiger partial charge on any atom is 0.240 e. The first-order valence-electron chi connectivity index (χ1n) is 7.36. The van der Waals surface area contributed by atoms with Gasteiger partial charge in [-0.05, 0) is 47.9 Å². The summed E-state index contributed by atoms with van der Waals surface area (Å²) in [6.07, 6.45) is 0. The predicted octanol–water partition coefficient (Wildman–Crippen LogP) is 3.82. The maximum absolute atomic E-state index is 12.2. The van der Waals surface area contributed by atoms with Crippen molar-refractivity contribution in [3.63, 3.8) is 0 Å². The molecule has 0 radical (unpaired) electrons. The molecule has 0 aliphatic rings. The third-order valence-corrected chi connectivity index (χ3v) is 5.06. The Hall–Kier alpha value is -1.56. The number of ether oxygens (including phenoxy) is 1. The SMILES string of the molecule is CC(C)c1ccc(S(=O)(=O)NCCOc2ccc(Cl)cc2)cc1. The highest BCUT2D eigenvalue weighted by atomic mass is 35.5. The number of sulfonamides is 1. The number of hydrogen-bond acceptors (Lipinski definition) is 3. The van der Waals surface area contributed by atoms with E-state index < -0.39 is 10.0 Å². The van der Waals surface area contributed by atoms with Gasteiger partial charge in [0.05, 0.1) is 4.90 Å². The summed E-state index contributed by atoms with van der Waals surface area (Å²) in [6.45, 7) is 4.56. The summed E-state index contributed by atoms with van der Waals surface area (Å²) in [4.78, 5) is 0.258. The summed E-state index contributed by atoms with van der Waals surface area (Å²) in [5.41, 5.74) is 1.11. The third kappa shape index (κ3) is 5.23. The zero-order valence-electron chi connectivity index (χ0n) is 13.1. The molecule has 0 spiro atoms. The van der Waals surface area contributed by atoms with Crippen molar-refractivity contribution in [1.82, 2.24) is 4.72 Å². The summed E-state index contributed by atoms with van der Waals surface area (Å²) in [7, 11) is -3.51. The Bertz CT molecular complexity index is 725. The highest BCUT2D eigenvalue weighted by Gasteiger charge is 2.13. The van der Waals surface area contributed by atoms with Gasteiger partial charge in [-0.15, -0.1) is 0 Å². The van der Waals surface area contributed by atoms with Crippen LogP contribution in [0.4, 0.5) is 0 Å². The third-order valence-electron chi connectivity index (χ3n) is 3.33. The molecule has 0 fully saturated rings. The van der Waals surface area contributed by atoms with Crippen molar-refractivity contribution >= 4 is 21.6 Å². The molecule has 0 heterocycles. The topological polar surface area (TPSA) is 55.4 Å². The van der Waals surface area contributed by atoms with Gasteiger partial charge in [-0.1, -0.05) is 37.6 Å². The van der Waals surface area contributed by atoms with Crippen molar-refractivity contribution in [3.05, 3.63) is 59.1 Å². The van der Waals surface area contributed by atoms with Gasteiger partial charge in [0.25, 0.3) is 0 Å². The molecular weight excluding hydrogens is 334 g/mol.